The van der Waals surface area contributed by atoms with Crippen molar-refractivity contribution in [1.29, 1.82) is 0 Å². The van der Waals surface area contributed by atoms with Crippen molar-refractivity contribution in [3.8, 4) is 0 Å². The number of amides is 2. The lowest BCUT2D eigenvalue weighted by atomic mass is 10.2. The van der Waals surface area contributed by atoms with Gasteiger partial charge in [0.05, 0.1) is 17.4 Å². The minimum atomic E-state index is -1.08. The largest absolute Gasteiger partial charge is 0.478 e. The van der Waals surface area contributed by atoms with Crippen molar-refractivity contribution in [2.45, 2.75) is 25.7 Å². The second-order valence-electron chi connectivity index (χ2n) is 4.56. The Bertz CT molecular complexity index is 468. The SMILES string of the molecule is O=C(O)c1ccncc1NC(=O)N1CCCCCC1. The van der Waals surface area contributed by atoms with E-state index < -0.39 is 5.97 Å². The third kappa shape index (κ3) is 3.43. The molecule has 1 aliphatic heterocycles. The number of hydrogen-bond donors (Lipinski definition) is 2. The molecule has 0 aromatic carbocycles. The van der Waals surface area contributed by atoms with Crippen LogP contribution in [0.15, 0.2) is 18.5 Å². The van der Waals surface area contributed by atoms with Crippen LogP contribution in [-0.2, 0) is 0 Å². The molecule has 2 N–H and O–H groups in total. The molecule has 0 radical (unpaired) electrons. The smallest absolute Gasteiger partial charge is 0.337 e. The molecule has 1 fully saturated rings. The molecule has 102 valence electrons. The summed E-state index contributed by atoms with van der Waals surface area (Å²) in [5.41, 5.74) is 0.294. The topological polar surface area (TPSA) is 82.5 Å². The molecule has 2 amide bonds. The quantitative estimate of drug-likeness (QED) is 0.856. The van der Waals surface area contributed by atoms with Gasteiger partial charge in [-0.15, -0.1) is 0 Å². The van der Waals surface area contributed by atoms with Crippen molar-refractivity contribution in [1.82, 2.24) is 9.88 Å². The van der Waals surface area contributed by atoms with Gasteiger partial charge in [0.1, 0.15) is 0 Å². The molecular weight excluding hydrogens is 246 g/mol. The summed E-state index contributed by atoms with van der Waals surface area (Å²) in [6, 6.07) is 1.12. The predicted molar refractivity (Wildman–Crippen MR) is 70.3 cm³/mol. The molecule has 2 heterocycles. The number of urea groups is 1. The van der Waals surface area contributed by atoms with Gasteiger partial charge in [-0.3, -0.25) is 4.98 Å². The minimum Gasteiger partial charge on any atom is -0.478 e. The van der Waals surface area contributed by atoms with Gasteiger partial charge in [-0.25, -0.2) is 9.59 Å². The van der Waals surface area contributed by atoms with E-state index in [0.29, 0.717) is 13.1 Å². The van der Waals surface area contributed by atoms with Gasteiger partial charge in [0.15, 0.2) is 0 Å². The summed E-state index contributed by atoms with van der Waals surface area (Å²) in [5.74, 6) is -1.08. The number of anilines is 1. The number of carboxylic acid groups (broad SMARTS) is 1. The number of carbonyl (C=O) groups is 2. The van der Waals surface area contributed by atoms with Crippen LogP contribution in [0.1, 0.15) is 36.0 Å². The maximum Gasteiger partial charge on any atom is 0.337 e. The number of rotatable bonds is 2. The average molecular weight is 263 g/mol. The Morgan fingerprint density at radius 1 is 1.21 bits per heavy atom. The van der Waals surface area contributed by atoms with Gasteiger partial charge >= 0.3 is 12.0 Å². The highest BCUT2D eigenvalue weighted by Gasteiger charge is 2.18. The Labute approximate surface area is 111 Å². The molecule has 0 atom stereocenters. The number of pyridine rings is 1. The average Bonchev–Trinajstić information content (AvgIpc) is 2.68. The van der Waals surface area contributed by atoms with Gasteiger partial charge in [0.2, 0.25) is 0 Å². The van der Waals surface area contributed by atoms with Crippen molar-refractivity contribution in [2.24, 2.45) is 0 Å². The number of aromatic nitrogens is 1. The van der Waals surface area contributed by atoms with Crippen molar-refractivity contribution < 1.29 is 14.7 Å². The lowest BCUT2D eigenvalue weighted by molar-refractivity contribution is 0.0698. The molecule has 2 rings (SSSR count). The van der Waals surface area contributed by atoms with E-state index in [-0.39, 0.29) is 17.3 Å². The molecule has 6 heteroatoms. The van der Waals surface area contributed by atoms with E-state index in [0.717, 1.165) is 25.7 Å². The van der Waals surface area contributed by atoms with Gasteiger partial charge in [-0.1, -0.05) is 12.8 Å². The number of nitrogens with one attached hydrogen (secondary N) is 1. The monoisotopic (exact) mass is 263 g/mol. The van der Waals surface area contributed by atoms with E-state index in [1.807, 2.05) is 0 Å². The van der Waals surface area contributed by atoms with Crippen LogP contribution in [0.4, 0.5) is 10.5 Å². The van der Waals surface area contributed by atoms with E-state index in [1.165, 1.54) is 18.5 Å². The van der Waals surface area contributed by atoms with Crippen LogP contribution in [0.2, 0.25) is 0 Å². The number of nitrogens with zero attached hydrogens (tertiary/aromatic N) is 2. The van der Waals surface area contributed by atoms with Crippen LogP contribution < -0.4 is 5.32 Å². The van der Waals surface area contributed by atoms with Gasteiger partial charge < -0.3 is 15.3 Å². The minimum absolute atomic E-state index is 0.0539. The standard InChI is InChI=1S/C13H17N3O3/c17-12(18)10-5-6-14-9-11(10)15-13(19)16-7-3-1-2-4-8-16/h5-6,9H,1-4,7-8H2,(H,15,19)(H,17,18). The lowest BCUT2D eigenvalue weighted by Gasteiger charge is -2.21. The zero-order valence-electron chi connectivity index (χ0n) is 10.6. The lowest BCUT2D eigenvalue weighted by Crippen LogP contribution is -2.36. The fourth-order valence-electron chi connectivity index (χ4n) is 2.15. The molecule has 0 saturated carbocycles. The maximum atomic E-state index is 12.1. The molecule has 1 saturated heterocycles. The van der Waals surface area contributed by atoms with Crippen LogP contribution in [0.3, 0.4) is 0 Å². The third-order valence-electron chi connectivity index (χ3n) is 3.19. The Balaban J connectivity index is 2.07. The molecule has 0 bridgehead atoms. The molecule has 1 aliphatic rings. The predicted octanol–water partition coefficient (Wildman–Crippen LogP) is 2.19. The van der Waals surface area contributed by atoms with Crippen LogP contribution in [0.5, 0.6) is 0 Å². The molecule has 0 unspecified atom stereocenters. The highest BCUT2D eigenvalue weighted by molar-refractivity contribution is 5.99. The number of hydrogen-bond acceptors (Lipinski definition) is 3. The van der Waals surface area contributed by atoms with Crippen molar-refractivity contribution in [3.05, 3.63) is 24.0 Å². The molecule has 19 heavy (non-hydrogen) atoms. The molecule has 1 aromatic rings. The number of carbonyl (C=O) groups excluding carboxylic acids is 1. The summed E-state index contributed by atoms with van der Waals surface area (Å²) in [6.45, 7) is 1.43. The summed E-state index contributed by atoms with van der Waals surface area (Å²) in [4.78, 5) is 28.7. The van der Waals surface area contributed by atoms with E-state index in [9.17, 15) is 9.59 Å². The zero-order chi connectivity index (χ0) is 13.7. The zero-order valence-corrected chi connectivity index (χ0v) is 10.6. The first-order valence-electron chi connectivity index (χ1n) is 6.41. The van der Waals surface area contributed by atoms with Crippen LogP contribution in [0, 0.1) is 0 Å². The Morgan fingerprint density at radius 2 is 1.89 bits per heavy atom. The van der Waals surface area contributed by atoms with Gasteiger partial charge in [0.25, 0.3) is 0 Å². The number of likely N-dealkylation sites (tertiary alicyclic amines) is 1. The summed E-state index contributed by atoms with van der Waals surface area (Å²) < 4.78 is 0. The van der Waals surface area contributed by atoms with Crippen molar-refractivity contribution in [2.75, 3.05) is 18.4 Å². The maximum absolute atomic E-state index is 12.1. The van der Waals surface area contributed by atoms with Crippen LogP contribution in [0.25, 0.3) is 0 Å². The Kier molecular flexibility index (Phi) is 4.33. The fraction of sp³-hybridized carbons (Fsp3) is 0.462. The highest BCUT2D eigenvalue weighted by atomic mass is 16.4. The van der Waals surface area contributed by atoms with Crippen LogP contribution >= 0.6 is 0 Å². The third-order valence-corrected chi connectivity index (χ3v) is 3.19. The van der Waals surface area contributed by atoms with E-state index >= 15 is 0 Å². The first-order chi connectivity index (χ1) is 9.18. The number of aromatic carboxylic acids is 1. The fourth-order valence-corrected chi connectivity index (χ4v) is 2.15. The first-order valence-corrected chi connectivity index (χ1v) is 6.41. The van der Waals surface area contributed by atoms with E-state index in [4.69, 9.17) is 5.11 Å². The molecule has 1 aromatic heterocycles. The van der Waals surface area contributed by atoms with Gasteiger partial charge in [-0.05, 0) is 18.9 Å². The number of carboxylic acids is 1. The van der Waals surface area contributed by atoms with Crippen molar-refractivity contribution >= 4 is 17.7 Å². The second kappa shape index (κ2) is 6.17. The molecule has 0 spiro atoms. The first kappa shape index (κ1) is 13.3. The van der Waals surface area contributed by atoms with E-state index in [1.54, 1.807) is 4.90 Å². The van der Waals surface area contributed by atoms with Gasteiger partial charge in [0, 0.05) is 19.3 Å². The van der Waals surface area contributed by atoms with Crippen LogP contribution in [-0.4, -0.2) is 40.1 Å². The normalized spacial score (nSPS) is 15.7. The summed E-state index contributed by atoms with van der Waals surface area (Å²) in [7, 11) is 0. The summed E-state index contributed by atoms with van der Waals surface area (Å²) in [6.07, 6.45) is 7.01. The summed E-state index contributed by atoms with van der Waals surface area (Å²) >= 11 is 0. The molecular formula is C13H17N3O3. The molecule has 0 aliphatic carbocycles. The van der Waals surface area contributed by atoms with Crippen molar-refractivity contribution in [3.63, 3.8) is 0 Å². The summed E-state index contributed by atoms with van der Waals surface area (Å²) in [5, 5.41) is 11.7. The highest BCUT2D eigenvalue weighted by Crippen LogP contribution is 2.16. The Morgan fingerprint density at radius 3 is 2.53 bits per heavy atom. The molecule has 6 nitrogen and oxygen atoms in total. The second-order valence-corrected chi connectivity index (χ2v) is 4.56. The van der Waals surface area contributed by atoms with Gasteiger partial charge in [-0.2, -0.15) is 0 Å². The Hall–Kier alpha value is -2.11. The van der Waals surface area contributed by atoms with E-state index in [2.05, 4.69) is 10.3 Å².